The number of anilines is 1. The number of imide groups is 1. The van der Waals surface area contributed by atoms with Gasteiger partial charge in [0.1, 0.15) is 40.9 Å². The number of pyridine rings is 1. The highest BCUT2D eigenvalue weighted by Gasteiger charge is 2.49. The van der Waals surface area contributed by atoms with E-state index >= 15 is 0 Å². The molecule has 0 spiro atoms. The quantitative estimate of drug-likeness (QED) is 0.0289. The predicted octanol–water partition coefficient (Wildman–Crippen LogP) is 6.14. The van der Waals surface area contributed by atoms with E-state index in [0.29, 0.717) is 45.8 Å². The Morgan fingerprint density at radius 2 is 1.78 bits per heavy atom. The number of allylic oxidation sites excluding steroid dienone is 3. The van der Waals surface area contributed by atoms with Crippen molar-refractivity contribution in [2.45, 2.75) is 153 Å². The Balaban J connectivity index is 1.16. The molecule has 23 nitrogen and oxygen atoms in total. The van der Waals surface area contributed by atoms with Gasteiger partial charge in [0.05, 0.1) is 55.4 Å². The number of likely N-dealkylation sites (N-methyl/N-ethyl adjacent to an activating group) is 1. The SMILES string of the molecule is COc1cc2cc(c1Cl)N(C)C(=O)C[C@H](OC(=O)[C@H](C)N(C)C(=O)CCSSC(C)(C)CC(=O)N/N=C(/C)c1ccc(OCCCC(=O)ON3C(=O)CCC3=O)cn1)C(C)(O)C[C@H](C)[C@@H]1C[C@@](O)(NC(=O)O1)[C@H](OC)/C=C/C=C(\C)C2. The Kier molecular flexibility index (Phi) is 23.6. The third-order valence-corrected chi connectivity index (χ3v) is 17.4. The highest BCUT2D eigenvalue weighted by molar-refractivity contribution is 8.77. The number of alkyl carbamates (subject to hydrolysis) is 1. The molecule has 3 aliphatic rings. The number of amides is 6. The van der Waals surface area contributed by atoms with Gasteiger partial charge in [-0.1, -0.05) is 63.9 Å². The molecule has 0 saturated carbocycles. The second-order valence-electron chi connectivity index (χ2n) is 21.1. The first-order valence-corrected chi connectivity index (χ1v) is 29.0. The van der Waals surface area contributed by atoms with Gasteiger partial charge >= 0.3 is 18.0 Å². The Hall–Kier alpha value is -6.25. The lowest BCUT2D eigenvalue weighted by atomic mass is 9.81. The number of methoxy groups -OCH3 is 2. The average Bonchev–Trinajstić information content (AvgIpc) is 3.73. The number of esters is 1. The summed E-state index contributed by atoms with van der Waals surface area (Å²) in [5, 5.41) is 31.4. The monoisotopic (exact) mass is 1190 g/mol. The van der Waals surface area contributed by atoms with Crippen LogP contribution in [0.5, 0.6) is 11.5 Å². The summed E-state index contributed by atoms with van der Waals surface area (Å²) in [5.74, 6) is -3.72. The number of nitrogens with one attached hydrogen (secondary N) is 2. The van der Waals surface area contributed by atoms with Crippen molar-refractivity contribution in [1.82, 2.24) is 25.7 Å². The fraction of sp³-hybridized carbons (Fsp3) is 0.564. The summed E-state index contributed by atoms with van der Waals surface area (Å²) in [4.78, 5) is 115. The zero-order valence-electron chi connectivity index (χ0n) is 47.5. The summed E-state index contributed by atoms with van der Waals surface area (Å²) in [6, 6.07) is 5.60. The molecule has 1 aromatic heterocycles. The molecule has 4 bridgehead atoms. The van der Waals surface area contributed by atoms with Crippen LogP contribution >= 0.6 is 33.2 Å². The van der Waals surface area contributed by atoms with Crippen molar-refractivity contribution >= 4 is 92.2 Å². The molecule has 2 fully saturated rings. The fourth-order valence-electron chi connectivity index (χ4n) is 8.92. The minimum Gasteiger partial charge on any atom is -0.495 e. The maximum Gasteiger partial charge on any atom is 0.409 e. The first-order chi connectivity index (χ1) is 38.1. The molecule has 4 heterocycles. The van der Waals surface area contributed by atoms with Gasteiger partial charge < -0.3 is 48.5 Å². The molecule has 1 unspecified atom stereocenters. The zero-order valence-corrected chi connectivity index (χ0v) is 49.9. The minimum absolute atomic E-state index is 0.00971. The van der Waals surface area contributed by atoms with Crippen molar-refractivity contribution in [3.05, 3.63) is 70.5 Å². The lowest BCUT2D eigenvalue weighted by Crippen LogP contribution is -2.63. The van der Waals surface area contributed by atoms with Crippen LogP contribution in [0.3, 0.4) is 0 Å². The van der Waals surface area contributed by atoms with Crippen molar-refractivity contribution in [3.63, 3.8) is 0 Å². The highest BCUT2D eigenvalue weighted by Crippen LogP contribution is 2.40. The van der Waals surface area contributed by atoms with Crippen LogP contribution in [0.25, 0.3) is 0 Å². The maximum atomic E-state index is 14.3. The van der Waals surface area contributed by atoms with Crippen LogP contribution in [0.4, 0.5) is 10.5 Å². The number of hydroxylamine groups is 2. The van der Waals surface area contributed by atoms with Crippen LogP contribution in [0.2, 0.25) is 5.02 Å². The molecule has 444 valence electrons. The molecule has 2 saturated heterocycles. The molecule has 7 atom stereocenters. The molecule has 1 aromatic carbocycles. The number of aromatic nitrogens is 1. The van der Waals surface area contributed by atoms with Crippen molar-refractivity contribution in [1.29, 1.82) is 0 Å². The van der Waals surface area contributed by atoms with Crippen molar-refractivity contribution in [2.75, 3.05) is 45.6 Å². The zero-order chi connectivity index (χ0) is 60.0. The van der Waals surface area contributed by atoms with Crippen LogP contribution in [-0.2, 0) is 59.0 Å². The second kappa shape index (κ2) is 29.1. The average molecular weight is 1190 g/mol. The van der Waals surface area contributed by atoms with Crippen LogP contribution in [0, 0.1) is 5.92 Å². The van der Waals surface area contributed by atoms with E-state index in [1.807, 2.05) is 26.8 Å². The summed E-state index contributed by atoms with van der Waals surface area (Å²) in [7, 11) is 8.54. The largest absolute Gasteiger partial charge is 0.495 e. The number of hydrazone groups is 1. The molecule has 26 heteroatoms. The molecule has 0 aliphatic carbocycles. The third-order valence-electron chi connectivity index (χ3n) is 13.7. The summed E-state index contributed by atoms with van der Waals surface area (Å²) in [5.41, 5.74) is 1.48. The Labute approximate surface area is 484 Å². The number of nitrogens with zero attached hydrogens (tertiary/aromatic N) is 5. The van der Waals surface area contributed by atoms with E-state index in [2.05, 4.69) is 20.8 Å². The lowest BCUT2D eigenvalue weighted by molar-refractivity contribution is -0.197. The molecule has 4 N–H and O–H groups in total. The van der Waals surface area contributed by atoms with E-state index < -0.39 is 94.4 Å². The van der Waals surface area contributed by atoms with E-state index in [9.17, 15) is 48.6 Å². The van der Waals surface area contributed by atoms with Crippen LogP contribution < -0.4 is 25.1 Å². The summed E-state index contributed by atoms with van der Waals surface area (Å²) in [6.45, 7) is 12.0. The van der Waals surface area contributed by atoms with Gasteiger partial charge in [0, 0.05) is 63.8 Å². The third kappa shape index (κ3) is 18.6. The number of rotatable bonds is 20. The molecule has 81 heavy (non-hydrogen) atoms. The molecule has 2 aromatic rings. The van der Waals surface area contributed by atoms with Gasteiger partial charge in [-0.2, -0.15) is 5.10 Å². The number of fused-ring (bicyclic) bond motifs is 4. The van der Waals surface area contributed by atoms with Gasteiger partial charge in [-0.25, -0.2) is 19.8 Å². The first kappa shape index (κ1) is 65.6. The van der Waals surface area contributed by atoms with Gasteiger partial charge in [0.25, 0.3) is 11.8 Å². The van der Waals surface area contributed by atoms with Crippen molar-refractivity contribution < 1.29 is 77.1 Å². The number of hydrogen-bond donors (Lipinski definition) is 4. The van der Waals surface area contributed by atoms with E-state index in [0.717, 1.165) is 11.1 Å². The number of benzene rings is 1. The molecule has 5 rings (SSSR count). The number of aliphatic hydroxyl groups is 2. The summed E-state index contributed by atoms with van der Waals surface area (Å²) >= 11 is 6.80. The highest BCUT2D eigenvalue weighted by atomic mass is 35.5. The maximum absolute atomic E-state index is 14.3. The van der Waals surface area contributed by atoms with E-state index in [1.54, 1.807) is 50.3 Å². The van der Waals surface area contributed by atoms with E-state index in [-0.39, 0.29) is 68.9 Å². The topological polar surface area (TPSA) is 291 Å². The van der Waals surface area contributed by atoms with Crippen molar-refractivity contribution in [3.8, 4) is 11.5 Å². The van der Waals surface area contributed by atoms with Crippen molar-refractivity contribution in [2.24, 2.45) is 11.0 Å². The summed E-state index contributed by atoms with van der Waals surface area (Å²) < 4.78 is 27.9. The molecule has 0 radical (unpaired) electrons. The smallest absolute Gasteiger partial charge is 0.409 e. The Bertz CT molecular complexity index is 2730. The Morgan fingerprint density at radius 1 is 1.07 bits per heavy atom. The van der Waals surface area contributed by atoms with Crippen LogP contribution in [0.1, 0.15) is 118 Å². The van der Waals surface area contributed by atoms with Gasteiger partial charge in [0.15, 0.2) is 5.72 Å². The van der Waals surface area contributed by atoms with E-state index in [1.165, 1.54) is 79.7 Å². The Morgan fingerprint density at radius 3 is 2.43 bits per heavy atom. The molecular weight excluding hydrogens is 1110 g/mol. The van der Waals surface area contributed by atoms with Crippen LogP contribution in [-0.4, -0.2) is 160 Å². The first-order valence-electron chi connectivity index (χ1n) is 26.3. The lowest BCUT2D eigenvalue weighted by Gasteiger charge is -2.43. The van der Waals surface area contributed by atoms with Gasteiger partial charge in [-0.05, 0) is 96.6 Å². The van der Waals surface area contributed by atoms with Crippen LogP contribution in [0.15, 0.2) is 59.4 Å². The second-order valence-corrected chi connectivity index (χ2v) is 24.6. The van der Waals surface area contributed by atoms with E-state index in [4.69, 9.17) is 40.1 Å². The standard InChI is InChI=1S/C55H74ClN7O16S2/c1-32-14-12-15-42(75-11)55(73)29-41(77-52(71)58-55)33(2)28-54(7,72)43(27-48(68)62(9)39-25-36(24-32)26-40(74-10)50(39)56)78-51(70)35(4)61(8)45(65)21-23-80-81-53(5,6)30-44(64)60-59-34(3)38-18-17-37(31-57-38)76-22-13-16-49(69)79-63-46(66)19-20-47(63)67/h12,14-15,17-18,25-26,31,33,35,41-43,72-73H,13,16,19-24,27-30H2,1-11H3,(H,58,71)(H,60,64)/b15-12+,32-14+,59-34-/t33-,35-,41-,42+,43-,54?,55-/m0/s1. The minimum atomic E-state index is -1.96. The van der Waals surface area contributed by atoms with Gasteiger partial charge in [0.2, 0.25) is 17.7 Å². The van der Waals surface area contributed by atoms with Gasteiger partial charge in [-0.3, -0.25) is 34.3 Å². The molecular formula is C55H74ClN7O16S2. The number of halogens is 1. The number of hydrogen-bond acceptors (Lipinski definition) is 20. The number of carbonyl (C=O) groups excluding carboxylic acids is 8. The number of carbonyl (C=O) groups is 8. The molecule has 6 amide bonds. The fourth-order valence-corrected chi connectivity index (χ4v) is 11.7. The predicted molar refractivity (Wildman–Crippen MR) is 303 cm³/mol. The number of ether oxygens (including phenoxy) is 5. The van der Waals surface area contributed by atoms with Gasteiger partial charge in [-0.15, -0.1) is 5.06 Å². The molecule has 3 aliphatic heterocycles. The normalized spacial score (nSPS) is 24.5. The summed E-state index contributed by atoms with van der Waals surface area (Å²) in [6.07, 6.45) is 1.98.